The number of benzene rings is 1. The fourth-order valence-corrected chi connectivity index (χ4v) is 1.76. The van der Waals surface area contributed by atoms with Crippen molar-refractivity contribution in [3.8, 4) is 5.75 Å². The number of aliphatic carboxylic acids is 1. The molecule has 0 bridgehead atoms. The number of carboxylic acids is 1. The van der Waals surface area contributed by atoms with E-state index in [0.717, 1.165) is 12.0 Å². The molecule has 0 aliphatic rings. The molecule has 0 aromatic heterocycles. The minimum atomic E-state index is -0.980. The van der Waals surface area contributed by atoms with Gasteiger partial charge in [-0.15, -0.1) is 0 Å². The lowest BCUT2D eigenvalue weighted by Crippen LogP contribution is -1.95. The SMILES string of the molecule is CCC/C(=C\C(=O)O)c1c(C)cccc1O. The minimum absolute atomic E-state index is 0.140. The van der Waals surface area contributed by atoms with Crippen molar-refractivity contribution in [3.63, 3.8) is 0 Å². The summed E-state index contributed by atoms with van der Waals surface area (Å²) in [4.78, 5) is 10.7. The summed E-state index contributed by atoms with van der Waals surface area (Å²) in [5.41, 5.74) is 2.21. The average Bonchev–Trinajstić information content (AvgIpc) is 2.16. The van der Waals surface area contributed by atoms with Gasteiger partial charge in [-0.05, 0) is 30.5 Å². The highest BCUT2D eigenvalue weighted by atomic mass is 16.4. The molecule has 0 saturated heterocycles. The van der Waals surface area contributed by atoms with Gasteiger partial charge < -0.3 is 10.2 Å². The van der Waals surface area contributed by atoms with Crippen LogP contribution in [0.4, 0.5) is 0 Å². The van der Waals surface area contributed by atoms with Crippen LogP contribution in [0.2, 0.25) is 0 Å². The van der Waals surface area contributed by atoms with Crippen LogP contribution in [0.3, 0.4) is 0 Å². The number of aromatic hydroxyl groups is 1. The van der Waals surface area contributed by atoms with Crippen LogP contribution in [-0.2, 0) is 4.79 Å². The van der Waals surface area contributed by atoms with Gasteiger partial charge in [-0.2, -0.15) is 0 Å². The van der Waals surface area contributed by atoms with Gasteiger partial charge in [0, 0.05) is 11.6 Å². The lowest BCUT2D eigenvalue weighted by atomic mass is 9.96. The monoisotopic (exact) mass is 220 g/mol. The first kappa shape index (κ1) is 12.3. The summed E-state index contributed by atoms with van der Waals surface area (Å²) in [6, 6.07) is 5.19. The van der Waals surface area contributed by atoms with Crippen LogP contribution in [0.1, 0.15) is 30.9 Å². The summed E-state index contributed by atoms with van der Waals surface area (Å²) < 4.78 is 0. The van der Waals surface area contributed by atoms with Crippen molar-refractivity contribution >= 4 is 11.5 Å². The summed E-state index contributed by atoms with van der Waals surface area (Å²) in [6.07, 6.45) is 2.66. The van der Waals surface area contributed by atoms with Crippen LogP contribution in [0, 0.1) is 6.92 Å². The van der Waals surface area contributed by atoms with Gasteiger partial charge in [0.15, 0.2) is 0 Å². The predicted octanol–water partition coefficient (Wildman–Crippen LogP) is 2.97. The third-order valence-electron chi connectivity index (χ3n) is 2.39. The second-order valence-corrected chi connectivity index (χ2v) is 3.73. The van der Waals surface area contributed by atoms with Gasteiger partial charge in [0.05, 0.1) is 0 Å². The summed E-state index contributed by atoms with van der Waals surface area (Å²) in [7, 11) is 0. The lowest BCUT2D eigenvalue weighted by molar-refractivity contribution is -0.131. The minimum Gasteiger partial charge on any atom is -0.507 e. The summed E-state index contributed by atoms with van der Waals surface area (Å²) in [6.45, 7) is 3.84. The van der Waals surface area contributed by atoms with Crippen LogP contribution in [0.25, 0.3) is 5.57 Å². The van der Waals surface area contributed by atoms with Gasteiger partial charge in [0.25, 0.3) is 0 Å². The molecule has 0 atom stereocenters. The molecule has 1 rings (SSSR count). The number of carboxylic acid groups (broad SMARTS) is 1. The molecule has 1 aromatic rings. The van der Waals surface area contributed by atoms with E-state index in [9.17, 15) is 9.90 Å². The van der Waals surface area contributed by atoms with Crippen molar-refractivity contribution in [2.24, 2.45) is 0 Å². The fourth-order valence-electron chi connectivity index (χ4n) is 1.76. The molecule has 0 spiro atoms. The number of phenolic OH excluding ortho intramolecular Hbond substituents is 1. The van der Waals surface area contributed by atoms with Crippen LogP contribution in [-0.4, -0.2) is 16.2 Å². The lowest BCUT2D eigenvalue weighted by Gasteiger charge is -2.11. The van der Waals surface area contributed by atoms with Crippen molar-refractivity contribution in [2.45, 2.75) is 26.7 Å². The van der Waals surface area contributed by atoms with E-state index in [4.69, 9.17) is 5.11 Å². The molecule has 1 aromatic carbocycles. The predicted molar refractivity (Wildman–Crippen MR) is 63.4 cm³/mol. The van der Waals surface area contributed by atoms with Crippen molar-refractivity contribution in [3.05, 3.63) is 35.4 Å². The number of aryl methyl sites for hydroxylation is 1. The van der Waals surface area contributed by atoms with Crippen LogP contribution < -0.4 is 0 Å². The zero-order valence-corrected chi connectivity index (χ0v) is 9.53. The third-order valence-corrected chi connectivity index (χ3v) is 2.39. The molecule has 0 unspecified atom stereocenters. The normalized spacial score (nSPS) is 11.5. The topological polar surface area (TPSA) is 57.5 Å². The first-order valence-electron chi connectivity index (χ1n) is 5.28. The number of carbonyl (C=O) groups is 1. The molecule has 2 N–H and O–H groups in total. The van der Waals surface area contributed by atoms with E-state index >= 15 is 0 Å². The zero-order valence-electron chi connectivity index (χ0n) is 9.53. The highest BCUT2D eigenvalue weighted by Gasteiger charge is 2.10. The number of hydrogen-bond acceptors (Lipinski definition) is 2. The maximum Gasteiger partial charge on any atom is 0.328 e. The van der Waals surface area contributed by atoms with Gasteiger partial charge in [0.2, 0.25) is 0 Å². The van der Waals surface area contributed by atoms with Gasteiger partial charge in [-0.3, -0.25) is 0 Å². The largest absolute Gasteiger partial charge is 0.507 e. The van der Waals surface area contributed by atoms with Crippen molar-refractivity contribution in [1.82, 2.24) is 0 Å². The zero-order chi connectivity index (χ0) is 12.1. The molecule has 86 valence electrons. The number of rotatable bonds is 4. The quantitative estimate of drug-likeness (QED) is 0.767. The molecule has 3 nitrogen and oxygen atoms in total. The number of allylic oxidation sites excluding steroid dienone is 1. The van der Waals surface area contributed by atoms with Crippen LogP contribution in [0.15, 0.2) is 24.3 Å². The van der Waals surface area contributed by atoms with E-state index in [1.165, 1.54) is 6.08 Å². The Morgan fingerprint density at radius 3 is 2.62 bits per heavy atom. The summed E-state index contributed by atoms with van der Waals surface area (Å²) >= 11 is 0. The second-order valence-electron chi connectivity index (χ2n) is 3.73. The fraction of sp³-hybridized carbons (Fsp3) is 0.308. The summed E-state index contributed by atoms with van der Waals surface area (Å²) in [5, 5.41) is 18.6. The molecule has 0 radical (unpaired) electrons. The van der Waals surface area contributed by atoms with Crippen molar-refractivity contribution in [2.75, 3.05) is 0 Å². The Morgan fingerprint density at radius 2 is 2.12 bits per heavy atom. The first-order chi connectivity index (χ1) is 7.56. The molecular weight excluding hydrogens is 204 g/mol. The molecule has 0 saturated carbocycles. The maximum atomic E-state index is 10.7. The Morgan fingerprint density at radius 1 is 1.44 bits per heavy atom. The standard InChI is InChI=1S/C13H16O3/c1-3-5-10(8-12(15)16)13-9(2)6-4-7-11(13)14/h4,6-8,14H,3,5H2,1-2H3,(H,15,16)/b10-8+. The molecule has 16 heavy (non-hydrogen) atoms. The second kappa shape index (κ2) is 5.35. The van der Waals surface area contributed by atoms with Crippen molar-refractivity contribution in [1.29, 1.82) is 0 Å². The molecule has 0 aliphatic heterocycles. The van der Waals surface area contributed by atoms with Crippen LogP contribution in [0.5, 0.6) is 5.75 Å². The van der Waals surface area contributed by atoms with Crippen LogP contribution >= 0.6 is 0 Å². The van der Waals surface area contributed by atoms with Gasteiger partial charge >= 0.3 is 5.97 Å². The molecule has 3 heteroatoms. The highest BCUT2D eigenvalue weighted by molar-refractivity contribution is 5.91. The highest BCUT2D eigenvalue weighted by Crippen LogP contribution is 2.31. The Labute approximate surface area is 95.0 Å². The Balaban J connectivity index is 3.26. The van der Waals surface area contributed by atoms with E-state index in [0.29, 0.717) is 17.6 Å². The Bertz CT molecular complexity index is 399. The summed E-state index contributed by atoms with van der Waals surface area (Å²) in [5.74, 6) is -0.841. The van der Waals surface area contributed by atoms with E-state index in [-0.39, 0.29) is 5.75 Å². The van der Waals surface area contributed by atoms with E-state index in [1.54, 1.807) is 12.1 Å². The molecule has 0 heterocycles. The van der Waals surface area contributed by atoms with E-state index in [1.807, 2.05) is 19.9 Å². The van der Waals surface area contributed by atoms with Gasteiger partial charge in [-0.1, -0.05) is 25.5 Å². The molecule has 0 aliphatic carbocycles. The van der Waals surface area contributed by atoms with Crippen molar-refractivity contribution < 1.29 is 15.0 Å². The third kappa shape index (κ3) is 2.86. The molecular formula is C13H16O3. The first-order valence-corrected chi connectivity index (χ1v) is 5.28. The van der Waals surface area contributed by atoms with E-state index < -0.39 is 5.97 Å². The Kier molecular flexibility index (Phi) is 4.11. The Hall–Kier alpha value is -1.77. The average molecular weight is 220 g/mol. The van der Waals surface area contributed by atoms with Gasteiger partial charge in [0.1, 0.15) is 5.75 Å². The number of hydrogen-bond donors (Lipinski definition) is 2. The van der Waals surface area contributed by atoms with Gasteiger partial charge in [-0.25, -0.2) is 4.79 Å². The maximum absolute atomic E-state index is 10.7. The smallest absolute Gasteiger partial charge is 0.328 e. The molecule has 0 fully saturated rings. The van der Waals surface area contributed by atoms with E-state index in [2.05, 4.69) is 0 Å². The number of phenols is 1. The molecule has 0 amide bonds.